The molecule has 2 rings (SSSR count). The number of hydrogen-bond donors (Lipinski definition) is 1. The zero-order valence-electron chi connectivity index (χ0n) is 8.54. The van der Waals surface area contributed by atoms with Gasteiger partial charge in [-0.1, -0.05) is 31.9 Å². The highest BCUT2D eigenvalue weighted by molar-refractivity contribution is 9.11. The topological polar surface area (TPSA) is 25.2 Å². The molecule has 0 aliphatic rings. The van der Waals surface area contributed by atoms with Crippen LogP contribution in [0.25, 0.3) is 0 Å². The van der Waals surface area contributed by atoms with Crippen LogP contribution in [0.4, 0.5) is 0 Å². The molecule has 2 aromatic rings. The standard InChI is InChI=1S/C12H11Br2NO/c13-10-4-9(5-11(14)6-10)7-15-8-12-2-1-3-16-12/h1-6,15H,7-8H2. The van der Waals surface area contributed by atoms with Crippen LogP contribution >= 0.6 is 31.9 Å². The van der Waals surface area contributed by atoms with Crippen LogP contribution < -0.4 is 5.32 Å². The van der Waals surface area contributed by atoms with Gasteiger partial charge in [-0.25, -0.2) is 0 Å². The monoisotopic (exact) mass is 343 g/mol. The van der Waals surface area contributed by atoms with Crippen molar-refractivity contribution < 1.29 is 4.42 Å². The van der Waals surface area contributed by atoms with E-state index < -0.39 is 0 Å². The fourth-order valence-electron chi connectivity index (χ4n) is 1.46. The lowest BCUT2D eigenvalue weighted by Crippen LogP contribution is -2.12. The van der Waals surface area contributed by atoms with Gasteiger partial charge < -0.3 is 9.73 Å². The van der Waals surface area contributed by atoms with Crippen LogP contribution in [0.1, 0.15) is 11.3 Å². The molecule has 1 aromatic carbocycles. The molecule has 0 amide bonds. The third-order valence-electron chi connectivity index (χ3n) is 2.13. The second-order valence-corrected chi connectivity index (χ2v) is 5.29. The van der Waals surface area contributed by atoms with E-state index in [1.165, 1.54) is 5.56 Å². The maximum Gasteiger partial charge on any atom is 0.117 e. The van der Waals surface area contributed by atoms with Gasteiger partial charge >= 0.3 is 0 Å². The van der Waals surface area contributed by atoms with Gasteiger partial charge in [0.05, 0.1) is 12.8 Å². The number of hydrogen-bond acceptors (Lipinski definition) is 2. The summed E-state index contributed by atoms with van der Waals surface area (Å²) in [6, 6.07) is 10.1. The minimum Gasteiger partial charge on any atom is -0.468 e. The molecule has 0 spiro atoms. The Kier molecular flexibility index (Phi) is 4.21. The predicted molar refractivity (Wildman–Crippen MR) is 71.1 cm³/mol. The molecule has 1 N–H and O–H groups in total. The lowest BCUT2D eigenvalue weighted by atomic mass is 10.2. The SMILES string of the molecule is Brc1cc(Br)cc(CNCc2ccco2)c1. The van der Waals surface area contributed by atoms with Crippen molar-refractivity contribution in [3.8, 4) is 0 Å². The molecule has 0 radical (unpaired) electrons. The summed E-state index contributed by atoms with van der Waals surface area (Å²) in [5.41, 5.74) is 1.23. The van der Waals surface area contributed by atoms with Crippen molar-refractivity contribution in [1.82, 2.24) is 5.32 Å². The Labute approximate surface area is 111 Å². The molecule has 0 bridgehead atoms. The molecule has 0 fully saturated rings. The van der Waals surface area contributed by atoms with Gasteiger partial charge in [0.15, 0.2) is 0 Å². The van der Waals surface area contributed by atoms with Crippen LogP contribution in [0.2, 0.25) is 0 Å². The first kappa shape index (κ1) is 11.9. The Morgan fingerprint density at radius 3 is 2.44 bits per heavy atom. The van der Waals surface area contributed by atoms with E-state index in [9.17, 15) is 0 Å². The van der Waals surface area contributed by atoms with Crippen LogP contribution in [0.15, 0.2) is 50.0 Å². The third-order valence-corrected chi connectivity index (χ3v) is 3.05. The number of nitrogens with one attached hydrogen (secondary N) is 1. The number of furan rings is 1. The van der Waals surface area contributed by atoms with E-state index in [4.69, 9.17) is 4.42 Å². The molecule has 0 aliphatic heterocycles. The molecular weight excluding hydrogens is 334 g/mol. The van der Waals surface area contributed by atoms with Crippen molar-refractivity contribution in [2.45, 2.75) is 13.1 Å². The minimum atomic E-state index is 0.747. The van der Waals surface area contributed by atoms with Gasteiger partial charge in [0.2, 0.25) is 0 Å². The van der Waals surface area contributed by atoms with Gasteiger partial charge in [-0.05, 0) is 35.9 Å². The van der Waals surface area contributed by atoms with Gasteiger partial charge in [-0.3, -0.25) is 0 Å². The second-order valence-electron chi connectivity index (χ2n) is 3.46. The lowest BCUT2D eigenvalue weighted by Gasteiger charge is -2.04. The summed E-state index contributed by atoms with van der Waals surface area (Å²) in [6.07, 6.45) is 1.69. The Balaban J connectivity index is 1.89. The molecule has 0 unspecified atom stereocenters. The van der Waals surface area contributed by atoms with Crippen LogP contribution in [0.3, 0.4) is 0 Å². The van der Waals surface area contributed by atoms with E-state index in [0.717, 1.165) is 27.8 Å². The van der Waals surface area contributed by atoms with Crippen molar-refractivity contribution in [3.63, 3.8) is 0 Å². The van der Waals surface area contributed by atoms with Crippen LogP contribution in [-0.2, 0) is 13.1 Å². The van der Waals surface area contributed by atoms with E-state index >= 15 is 0 Å². The predicted octanol–water partition coefficient (Wildman–Crippen LogP) is 4.09. The number of benzene rings is 1. The summed E-state index contributed by atoms with van der Waals surface area (Å²) in [5, 5.41) is 3.32. The van der Waals surface area contributed by atoms with E-state index in [1.807, 2.05) is 18.2 Å². The van der Waals surface area contributed by atoms with Gasteiger partial charge in [-0.15, -0.1) is 0 Å². The van der Waals surface area contributed by atoms with Gasteiger partial charge in [0.25, 0.3) is 0 Å². The molecule has 84 valence electrons. The molecular formula is C12H11Br2NO. The molecule has 0 atom stereocenters. The average molecular weight is 345 g/mol. The summed E-state index contributed by atoms with van der Waals surface area (Å²) >= 11 is 6.93. The number of rotatable bonds is 4. The molecule has 1 aromatic heterocycles. The average Bonchev–Trinajstić information content (AvgIpc) is 2.69. The fraction of sp³-hybridized carbons (Fsp3) is 0.167. The summed E-state index contributed by atoms with van der Waals surface area (Å²) in [5.74, 6) is 0.953. The van der Waals surface area contributed by atoms with Crippen LogP contribution in [0, 0.1) is 0 Å². The highest BCUT2D eigenvalue weighted by Gasteiger charge is 1.99. The first-order chi connectivity index (χ1) is 7.74. The highest BCUT2D eigenvalue weighted by atomic mass is 79.9. The molecule has 1 heterocycles. The van der Waals surface area contributed by atoms with E-state index in [2.05, 4.69) is 49.3 Å². The normalized spacial score (nSPS) is 10.6. The van der Waals surface area contributed by atoms with Crippen LogP contribution in [0.5, 0.6) is 0 Å². The second kappa shape index (κ2) is 5.66. The first-order valence-corrected chi connectivity index (χ1v) is 6.51. The molecule has 0 aliphatic carbocycles. The van der Waals surface area contributed by atoms with Gasteiger partial charge in [0, 0.05) is 15.5 Å². The van der Waals surface area contributed by atoms with Gasteiger partial charge in [-0.2, -0.15) is 0 Å². The maximum absolute atomic E-state index is 5.24. The third kappa shape index (κ3) is 3.47. The van der Waals surface area contributed by atoms with Crippen molar-refractivity contribution in [3.05, 3.63) is 56.9 Å². The Morgan fingerprint density at radius 1 is 1.06 bits per heavy atom. The molecule has 16 heavy (non-hydrogen) atoms. The lowest BCUT2D eigenvalue weighted by molar-refractivity contribution is 0.483. The van der Waals surface area contributed by atoms with Crippen molar-refractivity contribution >= 4 is 31.9 Å². The van der Waals surface area contributed by atoms with Crippen molar-refractivity contribution in [2.24, 2.45) is 0 Å². The van der Waals surface area contributed by atoms with E-state index in [0.29, 0.717) is 0 Å². The smallest absolute Gasteiger partial charge is 0.117 e. The highest BCUT2D eigenvalue weighted by Crippen LogP contribution is 2.20. The zero-order chi connectivity index (χ0) is 11.4. The summed E-state index contributed by atoms with van der Waals surface area (Å²) in [4.78, 5) is 0. The Morgan fingerprint density at radius 2 is 1.81 bits per heavy atom. The fourth-order valence-corrected chi connectivity index (χ4v) is 2.84. The number of halogens is 2. The van der Waals surface area contributed by atoms with Crippen LogP contribution in [-0.4, -0.2) is 0 Å². The molecule has 0 saturated carbocycles. The summed E-state index contributed by atoms with van der Waals surface area (Å²) in [6.45, 7) is 1.57. The maximum atomic E-state index is 5.24. The summed E-state index contributed by atoms with van der Waals surface area (Å²) < 4.78 is 7.40. The van der Waals surface area contributed by atoms with Crippen molar-refractivity contribution in [2.75, 3.05) is 0 Å². The van der Waals surface area contributed by atoms with Gasteiger partial charge in [0.1, 0.15) is 5.76 Å². The largest absolute Gasteiger partial charge is 0.468 e. The van der Waals surface area contributed by atoms with E-state index in [1.54, 1.807) is 6.26 Å². The molecule has 2 nitrogen and oxygen atoms in total. The Bertz CT molecular complexity index is 434. The minimum absolute atomic E-state index is 0.747. The summed E-state index contributed by atoms with van der Waals surface area (Å²) in [7, 11) is 0. The molecule has 4 heteroatoms. The quantitative estimate of drug-likeness (QED) is 0.903. The van der Waals surface area contributed by atoms with E-state index in [-0.39, 0.29) is 0 Å². The molecule has 0 saturated heterocycles. The first-order valence-electron chi connectivity index (χ1n) is 4.92. The Hall–Kier alpha value is -0.580. The van der Waals surface area contributed by atoms with Crippen molar-refractivity contribution in [1.29, 1.82) is 0 Å². The zero-order valence-corrected chi connectivity index (χ0v) is 11.7.